The van der Waals surface area contributed by atoms with E-state index in [9.17, 15) is 14.3 Å². The number of aromatic nitrogens is 1. The molecule has 140 valence electrons. The summed E-state index contributed by atoms with van der Waals surface area (Å²) in [6, 6.07) is 10.4. The van der Waals surface area contributed by atoms with Crippen LogP contribution >= 0.6 is 7.37 Å². The summed E-state index contributed by atoms with van der Waals surface area (Å²) in [5.41, 5.74) is 1.48. The van der Waals surface area contributed by atoms with E-state index in [4.69, 9.17) is 9.47 Å². The van der Waals surface area contributed by atoms with E-state index in [1.165, 1.54) is 6.07 Å². The van der Waals surface area contributed by atoms with Crippen LogP contribution < -0.4 is 15.6 Å². The molecule has 2 heterocycles. The number of ether oxygens (including phenoxy) is 2. The summed E-state index contributed by atoms with van der Waals surface area (Å²) in [6.07, 6.45) is 1.47. The molecule has 1 aliphatic heterocycles. The van der Waals surface area contributed by atoms with E-state index in [0.29, 0.717) is 18.9 Å². The van der Waals surface area contributed by atoms with Crippen LogP contribution in [0.3, 0.4) is 0 Å². The maximum Gasteiger partial charge on any atom is 0.248 e. The Morgan fingerprint density at radius 1 is 1.31 bits per heavy atom. The van der Waals surface area contributed by atoms with Crippen LogP contribution in [0.4, 0.5) is 0 Å². The summed E-state index contributed by atoms with van der Waals surface area (Å²) in [7, 11) is -1.79. The molecule has 1 unspecified atom stereocenters. The smallest absolute Gasteiger partial charge is 0.248 e. The minimum absolute atomic E-state index is 0.0896. The van der Waals surface area contributed by atoms with Crippen molar-refractivity contribution in [3.8, 4) is 5.75 Å². The lowest BCUT2D eigenvalue weighted by molar-refractivity contribution is 0.0156. The number of aromatic amines is 1. The summed E-state index contributed by atoms with van der Waals surface area (Å²) in [4.78, 5) is 24.3. The standard InChI is InChI=1S/C18H23N2O5P/c1-24-15-4-2-13(3-5-15)11-26(22,23)12-16-9-20-17(10-25-16)14-6-7-19-18(21)8-14/h2-8,16-17,20H,9-12H2,1H3,(H,19,21)(H,22,23)/t16-,17-/m1/s1. The van der Waals surface area contributed by atoms with Crippen LogP contribution in [-0.4, -0.2) is 42.4 Å². The SMILES string of the molecule is COc1ccc(CP(=O)(O)C[C@H]2CN[C@@H](c3cc[nH]c(=O)c3)CO2)cc1. The number of nitrogens with one attached hydrogen (secondary N) is 2. The number of hydrogen-bond acceptors (Lipinski definition) is 5. The van der Waals surface area contributed by atoms with Crippen LogP contribution in [0.2, 0.25) is 0 Å². The van der Waals surface area contributed by atoms with Gasteiger partial charge in [0, 0.05) is 25.0 Å². The van der Waals surface area contributed by atoms with Gasteiger partial charge in [0.05, 0.1) is 32.0 Å². The van der Waals surface area contributed by atoms with Gasteiger partial charge < -0.3 is 24.7 Å². The largest absolute Gasteiger partial charge is 0.497 e. The average Bonchev–Trinajstić information content (AvgIpc) is 2.62. The second kappa shape index (κ2) is 8.18. The molecule has 1 aliphatic rings. The quantitative estimate of drug-likeness (QED) is 0.664. The normalized spacial score (nSPS) is 22.5. The second-order valence-electron chi connectivity index (χ2n) is 6.44. The lowest BCUT2D eigenvalue weighted by atomic mass is 10.1. The van der Waals surface area contributed by atoms with E-state index >= 15 is 0 Å². The van der Waals surface area contributed by atoms with Crippen LogP contribution in [-0.2, 0) is 15.5 Å². The number of H-pyrrole nitrogens is 1. The zero-order valence-corrected chi connectivity index (χ0v) is 15.4. The molecule has 26 heavy (non-hydrogen) atoms. The number of rotatable bonds is 6. The van der Waals surface area contributed by atoms with Crippen LogP contribution in [0, 0.1) is 0 Å². The number of hydrogen-bond donors (Lipinski definition) is 3. The van der Waals surface area contributed by atoms with Gasteiger partial charge in [-0.15, -0.1) is 0 Å². The Hall–Kier alpha value is -1.92. The third-order valence-corrected chi connectivity index (χ3v) is 6.21. The van der Waals surface area contributed by atoms with Gasteiger partial charge in [0.15, 0.2) is 0 Å². The fourth-order valence-electron chi connectivity index (χ4n) is 3.03. The van der Waals surface area contributed by atoms with Crippen molar-refractivity contribution in [3.63, 3.8) is 0 Å². The Labute approximate surface area is 151 Å². The van der Waals surface area contributed by atoms with E-state index < -0.39 is 7.37 Å². The van der Waals surface area contributed by atoms with Gasteiger partial charge in [-0.3, -0.25) is 9.36 Å². The highest BCUT2D eigenvalue weighted by molar-refractivity contribution is 7.57. The van der Waals surface area contributed by atoms with Gasteiger partial charge in [-0.25, -0.2) is 0 Å². The van der Waals surface area contributed by atoms with Crippen molar-refractivity contribution < 1.29 is 18.9 Å². The van der Waals surface area contributed by atoms with Gasteiger partial charge in [0.25, 0.3) is 0 Å². The van der Waals surface area contributed by atoms with Crippen molar-refractivity contribution in [1.82, 2.24) is 10.3 Å². The maximum absolute atomic E-state index is 12.6. The summed E-state index contributed by atoms with van der Waals surface area (Å²) >= 11 is 0. The second-order valence-corrected chi connectivity index (χ2v) is 8.81. The highest BCUT2D eigenvalue weighted by Gasteiger charge is 2.29. The van der Waals surface area contributed by atoms with E-state index in [-0.39, 0.29) is 30.0 Å². The summed E-state index contributed by atoms with van der Waals surface area (Å²) < 4.78 is 23.4. The van der Waals surface area contributed by atoms with Crippen molar-refractivity contribution in [2.24, 2.45) is 0 Å². The Bertz CT molecular complexity index is 828. The van der Waals surface area contributed by atoms with E-state index in [1.54, 1.807) is 37.6 Å². The molecule has 1 aromatic heterocycles. The van der Waals surface area contributed by atoms with Gasteiger partial charge in [-0.1, -0.05) is 12.1 Å². The first-order valence-electron chi connectivity index (χ1n) is 8.42. The van der Waals surface area contributed by atoms with E-state index in [2.05, 4.69) is 10.3 Å². The average molecular weight is 378 g/mol. The van der Waals surface area contributed by atoms with Crippen molar-refractivity contribution in [2.75, 3.05) is 26.4 Å². The van der Waals surface area contributed by atoms with Gasteiger partial charge in [0.1, 0.15) is 5.75 Å². The fraction of sp³-hybridized carbons (Fsp3) is 0.389. The zero-order chi connectivity index (χ0) is 18.6. The molecular formula is C18H23N2O5P. The van der Waals surface area contributed by atoms with Gasteiger partial charge in [-0.2, -0.15) is 0 Å². The third-order valence-electron chi connectivity index (χ3n) is 4.37. The molecule has 3 N–H and O–H groups in total. The fourth-order valence-corrected chi connectivity index (χ4v) is 4.81. The number of pyridine rings is 1. The van der Waals surface area contributed by atoms with Gasteiger partial charge >= 0.3 is 0 Å². The van der Waals surface area contributed by atoms with Crippen LogP contribution in [0.25, 0.3) is 0 Å². The van der Waals surface area contributed by atoms with Crippen LogP contribution in [0.15, 0.2) is 47.4 Å². The topological polar surface area (TPSA) is 101 Å². The van der Waals surface area contributed by atoms with Crippen LogP contribution in [0.5, 0.6) is 5.75 Å². The maximum atomic E-state index is 12.6. The first-order valence-corrected chi connectivity index (χ1v) is 10.5. The number of morpholine rings is 1. The molecule has 0 saturated carbocycles. The zero-order valence-electron chi connectivity index (χ0n) is 14.6. The molecule has 3 atom stereocenters. The highest BCUT2D eigenvalue weighted by Crippen LogP contribution is 2.45. The van der Waals surface area contributed by atoms with Crippen molar-refractivity contribution in [3.05, 3.63) is 64.1 Å². The Kier molecular flexibility index (Phi) is 5.94. The predicted molar refractivity (Wildman–Crippen MR) is 98.9 cm³/mol. The molecular weight excluding hydrogens is 355 g/mol. The molecule has 0 aliphatic carbocycles. The number of benzene rings is 1. The minimum Gasteiger partial charge on any atom is -0.497 e. The summed E-state index contributed by atoms with van der Waals surface area (Å²) in [5, 5.41) is 3.29. The van der Waals surface area contributed by atoms with Gasteiger partial charge in [-0.05, 0) is 29.3 Å². The first-order chi connectivity index (χ1) is 12.4. The lowest BCUT2D eigenvalue weighted by Gasteiger charge is -2.31. The monoisotopic (exact) mass is 378 g/mol. The molecule has 2 aromatic rings. The Balaban J connectivity index is 1.54. The lowest BCUT2D eigenvalue weighted by Crippen LogP contribution is -2.43. The molecule has 3 rings (SSSR count). The molecule has 0 radical (unpaired) electrons. The number of methoxy groups -OCH3 is 1. The molecule has 0 spiro atoms. The summed E-state index contributed by atoms with van der Waals surface area (Å²) in [5.74, 6) is 0.715. The molecule has 8 heteroatoms. The molecule has 1 fully saturated rings. The molecule has 1 aromatic carbocycles. The van der Waals surface area contributed by atoms with E-state index in [1.807, 2.05) is 6.07 Å². The van der Waals surface area contributed by atoms with Gasteiger partial charge in [0.2, 0.25) is 12.9 Å². The van der Waals surface area contributed by atoms with Crippen molar-refractivity contribution >= 4 is 7.37 Å². The Morgan fingerprint density at radius 2 is 2.08 bits per heavy atom. The summed E-state index contributed by atoms with van der Waals surface area (Å²) in [6.45, 7) is 0.821. The predicted octanol–water partition coefficient (Wildman–Crippen LogP) is 1.88. The minimum atomic E-state index is -3.37. The van der Waals surface area contributed by atoms with E-state index in [0.717, 1.165) is 11.1 Å². The highest BCUT2D eigenvalue weighted by atomic mass is 31.2. The Morgan fingerprint density at radius 3 is 2.69 bits per heavy atom. The molecule has 0 bridgehead atoms. The molecule has 0 amide bonds. The third kappa shape index (κ3) is 5.05. The van der Waals surface area contributed by atoms with Crippen molar-refractivity contribution in [1.29, 1.82) is 0 Å². The molecule has 7 nitrogen and oxygen atoms in total. The molecule has 1 saturated heterocycles. The first kappa shape index (κ1) is 18.9. The van der Waals surface area contributed by atoms with Crippen LogP contribution in [0.1, 0.15) is 17.2 Å². The van der Waals surface area contributed by atoms with Crippen molar-refractivity contribution in [2.45, 2.75) is 18.3 Å².